The fourth-order valence-corrected chi connectivity index (χ4v) is 2.66. The van der Waals surface area contributed by atoms with E-state index in [1.54, 1.807) is 29.9 Å². The number of nitrogens with one attached hydrogen (secondary N) is 1. The lowest BCUT2D eigenvalue weighted by Gasteiger charge is -2.12. The lowest BCUT2D eigenvalue weighted by molar-refractivity contribution is -0.119. The van der Waals surface area contributed by atoms with Crippen molar-refractivity contribution in [2.75, 3.05) is 11.9 Å². The quantitative estimate of drug-likeness (QED) is 0.651. The number of hydrogen-bond donors (Lipinski definition) is 1. The highest BCUT2D eigenvalue weighted by atomic mass is 16.5. The SMILES string of the molecule is Cc1c(C#N)c(NC(=O)COC(=O)c2cnccn2)n(Cc2ccco2)c1C. The highest BCUT2D eigenvalue weighted by molar-refractivity contribution is 5.95. The summed E-state index contributed by atoms with van der Waals surface area (Å²) in [6.45, 7) is 3.47. The fraction of sp³-hybridized carbons (Fsp3) is 0.211. The smallest absolute Gasteiger partial charge is 0.359 e. The molecule has 0 aliphatic heterocycles. The second-order valence-electron chi connectivity index (χ2n) is 5.93. The van der Waals surface area contributed by atoms with Crippen LogP contribution in [0.2, 0.25) is 0 Å². The van der Waals surface area contributed by atoms with Crippen molar-refractivity contribution < 1.29 is 18.7 Å². The first-order valence-electron chi connectivity index (χ1n) is 8.36. The summed E-state index contributed by atoms with van der Waals surface area (Å²) in [7, 11) is 0. The number of anilines is 1. The zero-order valence-electron chi connectivity index (χ0n) is 15.3. The average molecular weight is 379 g/mol. The molecule has 3 heterocycles. The highest BCUT2D eigenvalue weighted by Gasteiger charge is 2.21. The Balaban J connectivity index is 1.75. The highest BCUT2D eigenvalue weighted by Crippen LogP contribution is 2.27. The van der Waals surface area contributed by atoms with Crippen LogP contribution in [-0.4, -0.2) is 33.0 Å². The molecular weight excluding hydrogens is 362 g/mol. The Morgan fingerprint density at radius 3 is 2.82 bits per heavy atom. The van der Waals surface area contributed by atoms with Crippen molar-refractivity contribution in [3.05, 3.63) is 65.3 Å². The molecule has 3 aromatic heterocycles. The van der Waals surface area contributed by atoms with Gasteiger partial charge < -0.3 is 19.0 Å². The molecule has 0 saturated carbocycles. The molecule has 9 heteroatoms. The summed E-state index contributed by atoms with van der Waals surface area (Å²) < 4.78 is 12.1. The van der Waals surface area contributed by atoms with Crippen LogP contribution in [0.15, 0.2) is 41.4 Å². The lowest BCUT2D eigenvalue weighted by atomic mass is 10.2. The first-order chi connectivity index (χ1) is 13.5. The van der Waals surface area contributed by atoms with Gasteiger partial charge >= 0.3 is 5.97 Å². The Bertz CT molecular complexity index is 1030. The molecule has 0 fully saturated rings. The molecule has 0 atom stereocenters. The maximum Gasteiger partial charge on any atom is 0.359 e. The van der Waals surface area contributed by atoms with Gasteiger partial charge in [0.1, 0.15) is 17.6 Å². The van der Waals surface area contributed by atoms with Crippen LogP contribution in [0.4, 0.5) is 5.82 Å². The molecule has 0 aliphatic carbocycles. The van der Waals surface area contributed by atoms with Crippen molar-refractivity contribution in [1.29, 1.82) is 5.26 Å². The molecule has 28 heavy (non-hydrogen) atoms. The zero-order chi connectivity index (χ0) is 20.1. The predicted molar refractivity (Wildman–Crippen MR) is 97.4 cm³/mol. The maximum atomic E-state index is 12.3. The van der Waals surface area contributed by atoms with Gasteiger partial charge in [-0.25, -0.2) is 9.78 Å². The van der Waals surface area contributed by atoms with Gasteiger partial charge in [-0.1, -0.05) is 0 Å². The van der Waals surface area contributed by atoms with E-state index < -0.39 is 18.5 Å². The third-order valence-corrected chi connectivity index (χ3v) is 4.20. The fourth-order valence-electron chi connectivity index (χ4n) is 2.66. The number of esters is 1. The van der Waals surface area contributed by atoms with Crippen LogP contribution >= 0.6 is 0 Å². The molecule has 9 nitrogen and oxygen atoms in total. The monoisotopic (exact) mass is 379 g/mol. The minimum Gasteiger partial charge on any atom is -0.467 e. The number of furan rings is 1. The first-order valence-corrected chi connectivity index (χ1v) is 8.36. The van der Waals surface area contributed by atoms with E-state index in [0.717, 1.165) is 11.3 Å². The molecular formula is C19H17N5O4. The van der Waals surface area contributed by atoms with Gasteiger partial charge in [0, 0.05) is 18.1 Å². The van der Waals surface area contributed by atoms with Gasteiger partial charge in [-0.3, -0.25) is 9.78 Å². The Kier molecular flexibility index (Phi) is 5.50. The van der Waals surface area contributed by atoms with Gasteiger partial charge in [-0.15, -0.1) is 0 Å². The largest absolute Gasteiger partial charge is 0.467 e. The third-order valence-electron chi connectivity index (χ3n) is 4.20. The number of nitrogens with zero attached hydrogens (tertiary/aromatic N) is 4. The lowest BCUT2D eigenvalue weighted by Crippen LogP contribution is -2.23. The van der Waals surface area contributed by atoms with E-state index >= 15 is 0 Å². The van der Waals surface area contributed by atoms with Crippen LogP contribution in [0.25, 0.3) is 0 Å². The molecule has 1 amide bonds. The number of rotatable bonds is 6. The topological polar surface area (TPSA) is 123 Å². The average Bonchev–Trinajstić information content (AvgIpc) is 3.30. The number of aromatic nitrogens is 3. The number of nitriles is 1. The second-order valence-corrected chi connectivity index (χ2v) is 5.93. The van der Waals surface area contributed by atoms with Gasteiger partial charge in [0.15, 0.2) is 12.3 Å². The summed E-state index contributed by atoms with van der Waals surface area (Å²) in [4.78, 5) is 31.8. The summed E-state index contributed by atoms with van der Waals surface area (Å²) in [6.07, 6.45) is 5.57. The van der Waals surface area contributed by atoms with Gasteiger partial charge in [0.25, 0.3) is 5.91 Å². The van der Waals surface area contributed by atoms with E-state index in [9.17, 15) is 14.9 Å². The number of carbonyl (C=O) groups is 2. The van der Waals surface area contributed by atoms with Crippen LogP contribution in [0.3, 0.4) is 0 Å². The minimum atomic E-state index is -0.762. The molecule has 0 radical (unpaired) electrons. The van der Waals surface area contributed by atoms with Gasteiger partial charge in [-0.05, 0) is 31.5 Å². The van der Waals surface area contributed by atoms with E-state index in [2.05, 4.69) is 21.4 Å². The molecule has 0 aliphatic rings. The van der Waals surface area contributed by atoms with Crippen LogP contribution in [0.1, 0.15) is 33.1 Å². The van der Waals surface area contributed by atoms with E-state index in [1.807, 2.05) is 6.92 Å². The van der Waals surface area contributed by atoms with Crippen molar-refractivity contribution in [2.24, 2.45) is 0 Å². The first kappa shape index (κ1) is 18.8. The van der Waals surface area contributed by atoms with E-state index in [-0.39, 0.29) is 5.69 Å². The normalized spacial score (nSPS) is 10.3. The summed E-state index contributed by atoms with van der Waals surface area (Å²) >= 11 is 0. The Morgan fingerprint density at radius 2 is 2.18 bits per heavy atom. The molecule has 3 rings (SSSR count). The van der Waals surface area contributed by atoms with Gasteiger partial charge in [0.2, 0.25) is 0 Å². The maximum absolute atomic E-state index is 12.3. The van der Waals surface area contributed by atoms with E-state index in [1.165, 1.54) is 18.6 Å². The van der Waals surface area contributed by atoms with E-state index in [4.69, 9.17) is 9.15 Å². The van der Waals surface area contributed by atoms with Crippen LogP contribution < -0.4 is 5.32 Å². The summed E-state index contributed by atoms with van der Waals surface area (Å²) in [5.74, 6) is -0.337. The minimum absolute atomic E-state index is 0.000831. The van der Waals surface area contributed by atoms with Crippen molar-refractivity contribution in [3.63, 3.8) is 0 Å². The predicted octanol–water partition coefficient (Wildman–Crippen LogP) is 2.20. The molecule has 0 bridgehead atoms. The molecule has 1 N–H and O–H groups in total. The second kappa shape index (κ2) is 8.18. The zero-order valence-corrected chi connectivity index (χ0v) is 15.3. The summed E-state index contributed by atoms with van der Waals surface area (Å²) in [5.41, 5.74) is 1.92. The Labute approximate surface area is 160 Å². The van der Waals surface area contributed by atoms with Gasteiger partial charge in [-0.2, -0.15) is 5.26 Å². The third kappa shape index (κ3) is 3.91. The molecule has 3 aromatic rings. The van der Waals surface area contributed by atoms with Crippen molar-refractivity contribution in [1.82, 2.24) is 14.5 Å². The number of ether oxygens (including phenoxy) is 1. The number of amides is 1. The Hall–Kier alpha value is -3.93. The molecule has 0 aromatic carbocycles. The molecule has 0 saturated heterocycles. The van der Waals surface area contributed by atoms with E-state index in [0.29, 0.717) is 23.7 Å². The van der Waals surface area contributed by atoms with Crippen molar-refractivity contribution in [3.8, 4) is 6.07 Å². The molecule has 0 unspecified atom stereocenters. The van der Waals surface area contributed by atoms with Crippen molar-refractivity contribution in [2.45, 2.75) is 20.4 Å². The standard InChI is InChI=1S/C19H17N5O4/c1-12-13(2)24(10-14-4-3-7-27-14)18(15(12)8-20)23-17(25)11-28-19(26)16-9-21-5-6-22-16/h3-7,9H,10-11H2,1-2H3,(H,23,25). The Morgan fingerprint density at radius 1 is 1.36 bits per heavy atom. The number of hydrogen-bond acceptors (Lipinski definition) is 7. The van der Waals surface area contributed by atoms with Crippen molar-refractivity contribution >= 4 is 17.7 Å². The van der Waals surface area contributed by atoms with Gasteiger partial charge in [0.05, 0.1) is 24.6 Å². The van der Waals surface area contributed by atoms with Crippen LogP contribution in [0.5, 0.6) is 0 Å². The summed E-state index contributed by atoms with van der Waals surface area (Å²) in [5, 5.41) is 12.2. The summed E-state index contributed by atoms with van der Waals surface area (Å²) in [6, 6.07) is 5.67. The molecule has 142 valence electrons. The number of carbonyl (C=O) groups excluding carboxylic acids is 2. The van der Waals surface area contributed by atoms with Crippen LogP contribution in [-0.2, 0) is 16.1 Å². The molecule has 0 spiro atoms. The van der Waals surface area contributed by atoms with Crippen LogP contribution in [0, 0.1) is 25.2 Å².